The summed E-state index contributed by atoms with van der Waals surface area (Å²) in [6.45, 7) is 4.13. The fourth-order valence-electron chi connectivity index (χ4n) is 6.26. The van der Waals surface area contributed by atoms with Gasteiger partial charge in [0.15, 0.2) is 11.5 Å². The highest BCUT2D eigenvalue weighted by Gasteiger charge is 2.37. The second-order valence-electron chi connectivity index (χ2n) is 11.7. The van der Waals surface area contributed by atoms with Crippen molar-refractivity contribution in [2.24, 2.45) is 0 Å². The van der Waals surface area contributed by atoms with Crippen LogP contribution in [0, 0.1) is 6.92 Å². The number of rotatable bonds is 12. The minimum Gasteiger partial charge on any atom is -0.493 e. The van der Waals surface area contributed by atoms with Crippen LogP contribution in [0.3, 0.4) is 0 Å². The van der Waals surface area contributed by atoms with E-state index in [4.69, 9.17) is 14.2 Å². The summed E-state index contributed by atoms with van der Waals surface area (Å²) in [5.41, 5.74) is 4.20. The summed E-state index contributed by atoms with van der Waals surface area (Å²) in [6, 6.07) is 17.6. The van der Waals surface area contributed by atoms with Gasteiger partial charge in [0.2, 0.25) is 17.6 Å². The highest BCUT2D eigenvalue weighted by atomic mass is 16.5. The zero-order valence-electron chi connectivity index (χ0n) is 26.8. The van der Waals surface area contributed by atoms with E-state index >= 15 is 0 Å². The highest BCUT2D eigenvalue weighted by Crippen LogP contribution is 2.41. The van der Waals surface area contributed by atoms with E-state index in [0.717, 1.165) is 48.7 Å². The number of ether oxygens (including phenoxy) is 3. The Bertz CT molecular complexity index is 1600. The molecule has 1 heterocycles. The SMILES string of the molecule is COc1cc(C(C(=O)NC2CCCCC2)N(CCc2cccc(C)c2)C(=O)C(C)n2nnc3ccccc32)cc(OC)c1OC. The van der Waals surface area contributed by atoms with E-state index in [1.54, 1.807) is 28.6 Å². The largest absolute Gasteiger partial charge is 0.493 e. The van der Waals surface area contributed by atoms with Crippen LogP contribution in [0.2, 0.25) is 0 Å². The van der Waals surface area contributed by atoms with Gasteiger partial charge in [-0.1, -0.05) is 66.4 Å². The van der Waals surface area contributed by atoms with Crippen LogP contribution in [-0.2, 0) is 16.0 Å². The molecule has 1 fully saturated rings. The lowest BCUT2D eigenvalue weighted by Crippen LogP contribution is -2.49. The van der Waals surface area contributed by atoms with E-state index < -0.39 is 12.1 Å². The smallest absolute Gasteiger partial charge is 0.248 e. The molecule has 2 amide bonds. The molecule has 45 heavy (non-hydrogen) atoms. The number of fused-ring (bicyclic) bond motifs is 1. The minimum absolute atomic E-state index is 0.0428. The molecule has 3 aromatic carbocycles. The maximum Gasteiger partial charge on any atom is 0.248 e. The number of nitrogens with zero attached hydrogens (tertiary/aromatic N) is 4. The summed E-state index contributed by atoms with van der Waals surface area (Å²) in [5.74, 6) is 0.725. The lowest BCUT2D eigenvalue weighted by molar-refractivity contribution is -0.143. The van der Waals surface area contributed by atoms with E-state index in [1.165, 1.54) is 21.3 Å². The van der Waals surface area contributed by atoms with Crippen LogP contribution in [0.4, 0.5) is 0 Å². The number of aromatic nitrogens is 3. The second kappa shape index (κ2) is 14.5. The Balaban J connectivity index is 1.61. The van der Waals surface area contributed by atoms with Crippen molar-refractivity contribution in [2.75, 3.05) is 27.9 Å². The van der Waals surface area contributed by atoms with Crippen molar-refractivity contribution in [1.29, 1.82) is 0 Å². The Morgan fingerprint density at radius 3 is 2.33 bits per heavy atom. The van der Waals surface area contributed by atoms with E-state index in [0.29, 0.717) is 41.3 Å². The number of carbonyl (C=O) groups excluding carboxylic acids is 2. The van der Waals surface area contributed by atoms with Gasteiger partial charge in [0.05, 0.1) is 26.8 Å². The summed E-state index contributed by atoms with van der Waals surface area (Å²) in [6.07, 6.45) is 5.65. The van der Waals surface area contributed by atoms with Crippen LogP contribution < -0.4 is 19.5 Å². The zero-order valence-corrected chi connectivity index (χ0v) is 26.8. The maximum atomic E-state index is 14.7. The number of para-hydroxylation sites is 1. The highest BCUT2D eigenvalue weighted by molar-refractivity contribution is 5.91. The molecule has 5 rings (SSSR count). The van der Waals surface area contributed by atoms with Gasteiger partial charge in [-0.3, -0.25) is 9.59 Å². The summed E-state index contributed by atoms with van der Waals surface area (Å²) < 4.78 is 18.6. The fourth-order valence-corrected chi connectivity index (χ4v) is 6.26. The van der Waals surface area contributed by atoms with Gasteiger partial charge in [-0.05, 0) is 68.5 Å². The number of methoxy groups -OCH3 is 3. The lowest BCUT2D eigenvalue weighted by Gasteiger charge is -2.35. The van der Waals surface area contributed by atoms with Gasteiger partial charge < -0.3 is 24.4 Å². The van der Waals surface area contributed by atoms with Crippen LogP contribution in [0.15, 0.2) is 60.7 Å². The van der Waals surface area contributed by atoms with Gasteiger partial charge in [-0.15, -0.1) is 5.10 Å². The first kappa shape index (κ1) is 31.8. The third-order valence-corrected chi connectivity index (χ3v) is 8.62. The molecule has 1 aliphatic rings. The van der Waals surface area contributed by atoms with Crippen molar-refractivity contribution in [1.82, 2.24) is 25.2 Å². The molecule has 2 atom stereocenters. The normalized spacial score (nSPS) is 14.9. The van der Waals surface area contributed by atoms with E-state index in [1.807, 2.05) is 49.4 Å². The molecule has 1 aliphatic carbocycles. The Hall–Kier alpha value is -4.60. The summed E-state index contributed by atoms with van der Waals surface area (Å²) in [7, 11) is 4.61. The van der Waals surface area contributed by atoms with E-state index in [9.17, 15) is 9.59 Å². The van der Waals surface area contributed by atoms with E-state index in [-0.39, 0.29) is 17.9 Å². The molecule has 0 spiro atoms. The molecular weight excluding hydrogens is 570 g/mol. The first-order valence-corrected chi connectivity index (χ1v) is 15.6. The number of hydrogen-bond donors (Lipinski definition) is 1. The second-order valence-corrected chi connectivity index (χ2v) is 11.7. The first-order chi connectivity index (χ1) is 21.8. The quantitative estimate of drug-likeness (QED) is 0.222. The summed E-state index contributed by atoms with van der Waals surface area (Å²) >= 11 is 0. The Labute approximate surface area is 264 Å². The number of benzene rings is 3. The maximum absolute atomic E-state index is 14.7. The molecular formula is C35H43N5O5. The standard InChI is InChI=1S/C35H43N5O5/c1-23-12-11-13-25(20-23)18-19-39(35(42)24(2)40-29-17-10-9-16-28(29)37-38-40)32(34(41)36-27-14-7-6-8-15-27)26-21-30(43-3)33(45-5)31(22-26)44-4/h9-13,16-17,20-22,24,27,32H,6-8,14-15,18-19H2,1-5H3,(H,36,41). The van der Waals surface area contributed by atoms with E-state index in [2.05, 4.69) is 21.7 Å². The fraction of sp³-hybridized carbons (Fsp3) is 0.429. The summed E-state index contributed by atoms with van der Waals surface area (Å²) in [5, 5.41) is 11.9. The molecule has 2 unspecified atom stereocenters. The van der Waals surface area contributed by atoms with Crippen LogP contribution >= 0.6 is 0 Å². The van der Waals surface area contributed by atoms with Gasteiger partial charge in [-0.25, -0.2) is 4.68 Å². The molecule has 1 aromatic heterocycles. The van der Waals surface area contributed by atoms with Crippen LogP contribution in [-0.4, -0.2) is 65.6 Å². The predicted octanol–water partition coefficient (Wildman–Crippen LogP) is 5.59. The number of aryl methyl sites for hydroxylation is 1. The third kappa shape index (κ3) is 7.05. The van der Waals surface area contributed by atoms with Gasteiger partial charge in [0.25, 0.3) is 0 Å². The number of amides is 2. The van der Waals surface area contributed by atoms with Gasteiger partial charge in [0.1, 0.15) is 17.6 Å². The summed E-state index contributed by atoms with van der Waals surface area (Å²) in [4.78, 5) is 30.8. The Kier molecular flexibility index (Phi) is 10.2. The lowest BCUT2D eigenvalue weighted by atomic mass is 9.94. The number of carbonyl (C=O) groups is 2. The zero-order chi connectivity index (χ0) is 31.9. The number of nitrogens with one attached hydrogen (secondary N) is 1. The van der Waals surface area contributed by atoms with Crippen molar-refractivity contribution >= 4 is 22.8 Å². The van der Waals surface area contributed by atoms with Crippen LogP contribution in [0.25, 0.3) is 11.0 Å². The third-order valence-electron chi connectivity index (χ3n) is 8.62. The van der Waals surface area contributed by atoms with Crippen molar-refractivity contribution in [3.05, 3.63) is 77.4 Å². The average Bonchev–Trinajstić information content (AvgIpc) is 3.50. The van der Waals surface area contributed by atoms with Crippen LogP contribution in [0.1, 0.15) is 67.8 Å². The van der Waals surface area contributed by atoms with Crippen molar-refractivity contribution < 1.29 is 23.8 Å². The van der Waals surface area contributed by atoms with Gasteiger partial charge >= 0.3 is 0 Å². The molecule has 0 saturated heterocycles. The molecule has 0 radical (unpaired) electrons. The predicted molar refractivity (Wildman–Crippen MR) is 173 cm³/mol. The minimum atomic E-state index is -0.977. The van der Waals surface area contributed by atoms with Crippen molar-refractivity contribution in [3.63, 3.8) is 0 Å². The molecule has 1 N–H and O–H groups in total. The van der Waals surface area contributed by atoms with Crippen LogP contribution in [0.5, 0.6) is 17.2 Å². The van der Waals surface area contributed by atoms with Crippen molar-refractivity contribution in [3.8, 4) is 17.2 Å². The molecule has 1 saturated carbocycles. The Morgan fingerprint density at radius 2 is 1.67 bits per heavy atom. The van der Waals surface area contributed by atoms with Gasteiger partial charge in [0, 0.05) is 12.6 Å². The monoisotopic (exact) mass is 613 g/mol. The molecule has 4 aromatic rings. The molecule has 0 bridgehead atoms. The first-order valence-electron chi connectivity index (χ1n) is 15.6. The molecule has 238 valence electrons. The topological polar surface area (TPSA) is 108 Å². The molecule has 0 aliphatic heterocycles. The van der Waals surface area contributed by atoms with Gasteiger partial charge in [-0.2, -0.15) is 0 Å². The Morgan fingerprint density at radius 1 is 0.956 bits per heavy atom. The molecule has 10 heteroatoms. The molecule has 10 nitrogen and oxygen atoms in total. The average molecular weight is 614 g/mol. The van der Waals surface area contributed by atoms with Crippen molar-refractivity contribution in [2.45, 2.75) is 70.5 Å². The number of hydrogen-bond acceptors (Lipinski definition) is 7.